The first-order valence-electron chi connectivity index (χ1n) is 9.64. The van der Waals surface area contributed by atoms with Crippen LogP contribution in [0.15, 0.2) is 48.5 Å². The van der Waals surface area contributed by atoms with Crippen LogP contribution in [-0.2, 0) is 9.53 Å². The van der Waals surface area contributed by atoms with Crippen molar-refractivity contribution in [3.63, 3.8) is 0 Å². The maximum atomic E-state index is 12.6. The van der Waals surface area contributed by atoms with Crippen molar-refractivity contribution in [1.82, 2.24) is 5.32 Å². The standard InChI is InChI=1S/C22H26N4O5/c1-25(2)20-11-8-17(15-19(20)22(28)23-13-4-14-31-3)24-21(27)12-7-16-5-9-18(10-6-16)26(29)30/h5-12,15H,4,13-14H2,1-3H3,(H,23,28)(H,24,27). The summed E-state index contributed by atoms with van der Waals surface area (Å²) in [4.78, 5) is 36.9. The first kappa shape index (κ1) is 23.6. The second-order valence-corrected chi connectivity index (χ2v) is 6.90. The third-order valence-corrected chi connectivity index (χ3v) is 4.33. The average molecular weight is 426 g/mol. The molecule has 2 aromatic carbocycles. The molecule has 0 spiro atoms. The highest BCUT2D eigenvalue weighted by Gasteiger charge is 2.14. The highest BCUT2D eigenvalue weighted by Crippen LogP contribution is 2.23. The van der Waals surface area contributed by atoms with E-state index in [1.165, 1.54) is 18.2 Å². The van der Waals surface area contributed by atoms with Gasteiger partial charge in [0.1, 0.15) is 0 Å². The van der Waals surface area contributed by atoms with Gasteiger partial charge in [-0.3, -0.25) is 19.7 Å². The Kier molecular flexibility index (Phi) is 8.71. The molecule has 2 rings (SSSR count). The number of nitro groups is 1. The molecule has 0 atom stereocenters. The minimum Gasteiger partial charge on any atom is -0.385 e. The summed E-state index contributed by atoms with van der Waals surface area (Å²) in [6, 6.07) is 11.0. The molecular formula is C22H26N4O5. The Morgan fingerprint density at radius 3 is 2.48 bits per heavy atom. The molecule has 2 amide bonds. The number of hydrogen-bond acceptors (Lipinski definition) is 6. The van der Waals surface area contributed by atoms with Crippen molar-refractivity contribution in [3.8, 4) is 0 Å². The number of nitro benzene ring substituents is 1. The van der Waals surface area contributed by atoms with Crippen molar-refractivity contribution in [2.45, 2.75) is 6.42 Å². The number of amides is 2. The zero-order valence-corrected chi connectivity index (χ0v) is 17.8. The van der Waals surface area contributed by atoms with Gasteiger partial charge in [-0.2, -0.15) is 0 Å². The summed E-state index contributed by atoms with van der Waals surface area (Å²) < 4.78 is 4.98. The lowest BCUT2D eigenvalue weighted by Gasteiger charge is -2.18. The number of benzene rings is 2. The molecule has 0 aliphatic heterocycles. The van der Waals surface area contributed by atoms with E-state index in [1.54, 1.807) is 43.5 Å². The van der Waals surface area contributed by atoms with Crippen molar-refractivity contribution in [1.29, 1.82) is 0 Å². The monoisotopic (exact) mass is 426 g/mol. The molecule has 31 heavy (non-hydrogen) atoms. The summed E-state index contributed by atoms with van der Waals surface area (Å²) >= 11 is 0. The molecule has 0 heterocycles. The molecule has 0 radical (unpaired) electrons. The van der Waals surface area contributed by atoms with Crippen LogP contribution in [-0.4, -0.2) is 51.1 Å². The summed E-state index contributed by atoms with van der Waals surface area (Å²) in [5, 5.41) is 16.3. The first-order chi connectivity index (χ1) is 14.8. The smallest absolute Gasteiger partial charge is 0.269 e. The largest absolute Gasteiger partial charge is 0.385 e. The molecule has 164 valence electrons. The van der Waals surface area contributed by atoms with Crippen LogP contribution in [0.4, 0.5) is 17.1 Å². The number of methoxy groups -OCH3 is 1. The number of nitrogens with zero attached hydrogens (tertiary/aromatic N) is 2. The van der Waals surface area contributed by atoms with Gasteiger partial charge in [-0.15, -0.1) is 0 Å². The molecular weight excluding hydrogens is 400 g/mol. The highest BCUT2D eigenvalue weighted by molar-refractivity contribution is 6.05. The lowest BCUT2D eigenvalue weighted by molar-refractivity contribution is -0.384. The Labute approximate surface area is 180 Å². The van der Waals surface area contributed by atoms with Gasteiger partial charge in [0.15, 0.2) is 0 Å². The van der Waals surface area contributed by atoms with E-state index in [2.05, 4.69) is 10.6 Å². The molecule has 0 aliphatic carbocycles. The predicted molar refractivity (Wildman–Crippen MR) is 120 cm³/mol. The fraction of sp³-hybridized carbons (Fsp3) is 0.273. The minimum atomic E-state index is -0.483. The summed E-state index contributed by atoms with van der Waals surface area (Å²) in [7, 11) is 5.28. The highest BCUT2D eigenvalue weighted by atomic mass is 16.6. The van der Waals surface area contributed by atoms with Gasteiger partial charge >= 0.3 is 0 Å². The number of rotatable bonds is 10. The van der Waals surface area contributed by atoms with Gasteiger partial charge in [-0.05, 0) is 48.4 Å². The molecule has 0 fully saturated rings. The minimum absolute atomic E-state index is 0.0180. The Morgan fingerprint density at radius 2 is 1.87 bits per heavy atom. The van der Waals surface area contributed by atoms with Gasteiger partial charge in [0.2, 0.25) is 5.91 Å². The third kappa shape index (κ3) is 7.23. The number of anilines is 2. The zero-order valence-electron chi connectivity index (χ0n) is 17.8. The number of hydrogen-bond donors (Lipinski definition) is 2. The Bertz CT molecular complexity index is 955. The number of carbonyl (C=O) groups excluding carboxylic acids is 2. The predicted octanol–water partition coefficient (Wildman–Crippen LogP) is 3.08. The molecule has 9 nitrogen and oxygen atoms in total. The van der Waals surface area contributed by atoms with Gasteiger partial charge in [0, 0.05) is 63.9 Å². The van der Waals surface area contributed by atoms with E-state index in [0.717, 1.165) is 5.69 Å². The van der Waals surface area contributed by atoms with Crippen LogP contribution in [0, 0.1) is 10.1 Å². The van der Waals surface area contributed by atoms with Gasteiger partial charge in [0.25, 0.3) is 11.6 Å². The number of nitrogens with one attached hydrogen (secondary N) is 2. The van der Waals surface area contributed by atoms with Crippen molar-refractivity contribution in [3.05, 3.63) is 69.8 Å². The van der Waals surface area contributed by atoms with Crippen molar-refractivity contribution >= 4 is 35.0 Å². The van der Waals surface area contributed by atoms with Crippen LogP contribution < -0.4 is 15.5 Å². The molecule has 0 aliphatic rings. The molecule has 2 aromatic rings. The molecule has 0 aromatic heterocycles. The average Bonchev–Trinajstić information content (AvgIpc) is 2.75. The van der Waals surface area contributed by atoms with E-state index < -0.39 is 4.92 Å². The SMILES string of the molecule is COCCCNC(=O)c1cc(NC(=O)C=Cc2ccc([N+](=O)[O-])cc2)ccc1N(C)C. The number of non-ortho nitro benzene ring substituents is 1. The van der Waals surface area contributed by atoms with Crippen LogP contribution in [0.1, 0.15) is 22.3 Å². The Hall–Kier alpha value is -3.72. The number of ether oxygens (including phenoxy) is 1. The van der Waals surface area contributed by atoms with E-state index in [-0.39, 0.29) is 17.5 Å². The summed E-state index contributed by atoms with van der Waals surface area (Å²) in [5.74, 6) is -0.625. The maximum absolute atomic E-state index is 12.6. The second-order valence-electron chi connectivity index (χ2n) is 6.90. The summed E-state index contributed by atoms with van der Waals surface area (Å²) in [6.07, 6.45) is 3.57. The van der Waals surface area contributed by atoms with Crippen molar-refractivity contribution < 1.29 is 19.2 Å². The summed E-state index contributed by atoms with van der Waals surface area (Å²) in [5.41, 5.74) is 2.28. The van der Waals surface area contributed by atoms with Crippen LogP contribution in [0.2, 0.25) is 0 Å². The maximum Gasteiger partial charge on any atom is 0.269 e. The third-order valence-electron chi connectivity index (χ3n) is 4.33. The van der Waals surface area contributed by atoms with Crippen LogP contribution in [0.5, 0.6) is 0 Å². The molecule has 0 bridgehead atoms. The topological polar surface area (TPSA) is 114 Å². The second kappa shape index (κ2) is 11.5. The normalized spacial score (nSPS) is 10.7. The lowest BCUT2D eigenvalue weighted by Crippen LogP contribution is -2.27. The van der Waals surface area contributed by atoms with Crippen molar-refractivity contribution in [2.24, 2.45) is 0 Å². The first-order valence-corrected chi connectivity index (χ1v) is 9.64. The van der Waals surface area contributed by atoms with Crippen LogP contribution in [0.25, 0.3) is 6.08 Å². The summed E-state index contributed by atoms with van der Waals surface area (Å²) in [6.45, 7) is 1.03. The van der Waals surface area contributed by atoms with Gasteiger partial charge in [-0.25, -0.2) is 0 Å². The lowest BCUT2D eigenvalue weighted by atomic mass is 10.1. The fourth-order valence-corrected chi connectivity index (χ4v) is 2.76. The van der Waals surface area contributed by atoms with E-state index in [4.69, 9.17) is 4.74 Å². The fourth-order valence-electron chi connectivity index (χ4n) is 2.76. The van der Waals surface area contributed by atoms with E-state index >= 15 is 0 Å². The van der Waals surface area contributed by atoms with E-state index in [1.807, 2.05) is 19.0 Å². The molecule has 0 saturated heterocycles. The zero-order chi connectivity index (χ0) is 22.8. The molecule has 9 heteroatoms. The van der Waals surface area contributed by atoms with Gasteiger partial charge in [-0.1, -0.05) is 0 Å². The van der Waals surface area contributed by atoms with Gasteiger partial charge < -0.3 is 20.3 Å². The van der Waals surface area contributed by atoms with Crippen LogP contribution in [0.3, 0.4) is 0 Å². The van der Waals surface area contributed by atoms with E-state index in [9.17, 15) is 19.7 Å². The molecule has 0 unspecified atom stereocenters. The van der Waals surface area contributed by atoms with Gasteiger partial charge in [0.05, 0.1) is 10.5 Å². The Morgan fingerprint density at radius 1 is 1.16 bits per heavy atom. The Balaban J connectivity index is 2.08. The quantitative estimate of drug-likeness (QED) is 0.261. The van der Waals surface area contributed by atoms with Crippen LogP contribution >= 0.6 is 0 Å². The van der Waals surface area contributed by atoms with Crippen molar-refractivity contribution in [2.75, 3.05) is 44.6 Å². The number of carbonyl (C=O) groups is 2. The molecule has 2 N–H and O–H groups in total. The molecule has 0 saturated carbocycles. The van der Waals surface area contributed by atoms with E-state index in [0.29, 0.717) is 36.4 Å².